The first kappa shape index (κ1) is 25.2. The monoisotopic (exact) mass is 547 g/mol. The van der Waals surface area contributed by atoms with Crippen molar-refractivity contribution in [2.45, 2.75) is 32.4 Å². The number of Topliss-reactive ketones (excluding diaryl/α,β-unsaturated/α-hetero) is 2. The van der Waals surface area contributed by atoms with Crippen molar-refractivity contribution >= 4 is 45.3 Å². The first-order valence-corrected chi connectivity index (χ1v) is 14.0. The highest BCUT2D eigenvalue weighted by Crippen LogP contribution is 2.41. The van der Waals surface area contributed by atoms with Crippen LogP contribution in [0.5, 0.6) is 0 Å². The van der Waals surface area contributed by atoms with Gasteiger partial charge in [-0.2, -0.15) is 5.26 Å². The molecule has 10 heteroatoms. The van der Waals surface area contributed by atoms with E-state index in [4.69, 9.17) is 5.73 Å². The minimum absolute atomic E-state index is 0.00358. The van der Waals surface area contributed by atoms with Crippen LogP contribution in [0, 0.1) is 17.2 Å². The van der Waals surface area contributed by atoms with Gasteiger partial charge in [-0.1, -0.05) is 6.07 Å². The van der Waals surface area contributed by atoms with E-state index in [2.05, 4.69) is 15.6 Å². The van der Waals surface area contributed by atoms with Crippen molar-refractivity contribution in [1.82, 2.24) is 23.8 Å². The average Bonchev–Trinajstić information content (AvgIpc) is 3.62. The highest BCUT2D eigenvalue weighted by atomic mass is 16.2. The molecule has 0 spiro atoms. The number of nitrogens with zero attached hydrogens (tertiary/aromatic N) is 6. The molecule has 4 aromatic rings. The van der Waals surface area contributed by atoms with Gasteiger partial charge in [-0.25, -0.2) is 9.78 Å². The fourth-order valence-corrected chi connectivity index (χ4v) is 6.60. The van der Waals surface area contributed by atoms with Crippen molar-refractivity contribution in [1.29, 1.82) is 5.26 Å². The molecule has 3 aliphatic rings. The van der Waals surface area contributed by atoms with Crippen LogP contribution < -0.4 is 5.73 Å². The normalized spacial score (nSPS) is 18.0. The molecule has 41 heavy (non-hydrogen) atoms. The lowest BCUT2D eigenvalue weighted by molar-refractivity contribution is -0.119. The van der Waals surface area contributed by atoms with Gasteiger partial charge >= 0.3 is 6.03 Å². The van der Waals surface area contributed by atoms with Gasteiger partial charge in [-0.15, -0.1) is 0 Å². The zero-order chi connectivity index (χ0) is 28.2. The number of piperidine rings is 1. The van der Waals surface area contributed by atoms with E-state index >= 15 is 0 Å². The zero-order valence-corrected chi connectivity index (χ0v) is 22.5. The second-order valence-electron chi connectivity index (χ2n) is 11.1. The number of allylic oxidation sites excluding steroid dienone is 2. The van der Waals surface area contributed by atoms with Crippen LogP contribution in [0.1, 0.15) is 41.6 Å². The molecule has 0 bridgehead atoms. The van der Waals surface area contributed by atoms with E-state index in [0.29, 0.717) is 78.8 Å². The van der Waals surface area contributed by atoms with Crippen molar-refractivity contribution < 1.29 is 14.4 Å². The van der Waals surface area contributed by atoms with Crippen molar-refractivity contribution in [2.24, 2.45) is 11.7 Å². The number of hydrogen-bond donors (Lipinski definition) is 1. The second-order valence-corrected chi connectivity index (χ2v) is 11.1. The third-order valence-corrected chi connectivity index (χ3v) is 8.71. The number of likely N-dealkylation sites (tertiary alicyclic amines) is 1. The Hall–Kier alpha value is -4.75. The predicted molar refractivity (Wildman–Crippen MR) is 152 cm³/mol. The number of urea groups is 1. The molecule has 1 saturated heterocycles. The number of carbonyl (C=O) groups excluding carboxylic acids is 3. The summed E-state index contributed by atoms with van der Waals surface area (Å²) in [5.41, 5.74) is 10.6. The van der Waals surface area contributed by atoms with Crippen molar-refractivity contribution in [3.8, 4) is 6.07 Å². The molecule has 1 aliphatic carbocycles. The molecule has 10 nitrogen and oxygen atoms in total. The summed E-state index contributed by atoms with van der Waals surface area (Å²) in [6, 6.07) is 11.4. The molecular weight excluding hydrogens is 518 g/mol. The number of hydrogen-bond acceptors (Lipinski definition) is 6. The first-order chi connectivity index (χ1) is 20.0. The number of ketones is 2. The number of nitrogens with two attached hydrogens (primary N) is 1. The first-order valence-electron chi connectivity index (χ1n) is 14.0. The average molecular weight is 548 g/mol. The van der Waals surface area contributed by atoms with E-state index in [1.807, 2.05) is 50.9 Å². The smallest absolute Gasteiger partial charge is 0.320 e. The number of pyridine rings is 1. The number of imidazole rings is 1. The fraction of sp³-hybridized carbons (Fsp3) is 0.323. The fourth-order valence-electron chi connectivity index (χ4n) is 6.60. The second kappa shape index (κ2) is 9.71. The third-order valence-electron chi connectivity index (χ3n) is 8.71. The van der Waals surface area contributed by atoms with Crippen molar-refractivity contribution in [2.75, 3.05) is 26.2 Å². The molecule has 0 saturated carbocycles. The van der Waals surface area contributed by atoms with Gasteiger partial charge in [0, 0.05) is 61.6 Å². The summed E-state index contributed by atoms with van der Waals surface area (Å²) < 4.78 is 3.88. The van der Waals surface area contributed by atoms with E-state index in [0.717, 1.165) is 29.3 Å². The lowest BCUT2D eigenvalue weighted by Gasteiger charge is -2.35. The number of fused-ring (bicyclic) bond motifs is 1. The molecule has 5 heterocycles. The van der Waals surface area contributed by atoms with Crippen LogP contribution in [0.2, 0.25) is 0 Å². The highest BCUT2D eigenvalue weighted by Gasteiger charge is 2.36. The Morgan fingerprint density at radius 3 is 2.63 bits per heavy atom. The molecule has 2 amide bonds. The van der Waals surface area contributed by atoms with Gasteiger partial charge in [-0.05, 0) is 55.1 Å². The SMILES string of the molecule is N#Cc1cc2c3c(c1)c(C1=C(c4cnc5ccccn45)C(=O)CC1=O)cn3CCN(C(=O)N1CCC(CN)CC1)C2. The number of carbonyl (C=O) groups is 3. The van der Waals surface area contributed by atoms with Gasteiger partial charge in [0.2, 0.25) is 0 Å². The molecule has 0 unspecified atom stereocenters. The van der Waals surface area contributed by atoms with Gasteiger partial charge in [0.05, 0.1) is 41.0 Å². The topological polar surface area (TPSA) is 130 Å². The number of nitriles is 1. The summed E-state index contributed by atoms with van der Waals surface area (Å²) in [5, 5.41) is 10.6. The number of rotatable bonds is 3. The molecule has 0 atom stereocenters. The van der Waals surface area contributed by atoms with E-state index in [9.17, 15) is 19.6 Å². The van der Waals surface area contributed by atoms with Crippen LogP contribution in [0.4, 0.5) is 4.79 Å². The maximum atomic E-state index is 13.5. The summed E-state index contributed by atoms with van der Waals surface area (Å²) in [6.45, 7) is 3.40. The zero-order valence-electron chi connectivity index (χ0n) is 22.5. The molecule has 1 aromatic carbocycles. The Morgan fingerprint density at radius 1 is 1.05 bits per heavy atom. The van der Waals surface area contributed by atoms with Gasteiger partial charge in [0.15, 0.2) is 11.6 Å². The Kier molecular flexibility index (Phi) is 5.98. The van der Waals surface area contributed by atoms with E-state index in [-0.39, 0.29) is 24.0 Å². The quantitative estimate of drug-likeness (QED) is 0.392. The lowest BCUT2D eigenvalue weighted by atomic mass is 9.96. The predicted octanol–water partition coefficient (Wildman–Crippen LogP) is 3.22. The minimum atomic E-state index is -0.242. The minimum Gasteiger partial charge on any atom is -0.345 e. The standard InChI is InChI=1S/C31H29N7O3/c32-14-19-4-7-35(8-5-19)31(41)37-10-9-36-18-23(22-12-20(15-33)11-21(17-37)30(22)36)28-25(39)13-26(40)29(28)24-16-34-27-3-1-2-6-38(24)27/h1-3,6,11-12,16,18-19H,4-5,7-10,13-14,17,32H2. The summed E-state index contributed by atoms with van der Waals surface area (Å²) in [4.78, 5) is 48.4. The molecule has 3 aromatic heterocycles. The van der Waals surface area contributed by atoms with Crippen LogP contribution >= 0.6 is 0 Å². The largest absolute Gasteiger partial charge is 0.345 e. The molecular formula is C31H29N7O3. The summed E-state index contributed by atoms with van der Waals surface area (Å²) in [7, 11) is 0. The van der Waals surface area contributed by atoms with Crippen LogP contribution in [0.25, 0.3) is 27.7 Å². The van der Waals surface area contributed by atoms with Crippen molar-refractivity contribution in [3.63, 3.8) is 0 Å². The molecule has 206 valence electrons. The molecule has 7 rings (SSSR count). The van der Waals surface area contributed by atoms with Gasteiger partial charge in [0.1, 0.15) is 5.65 Å². The van der Waals surface area contributed by atoms with Crippen LogP contribution in [0.15, 0.2) is 48.9 Å². The van der Waals surface area contributed by atoms with Crippen LogP contribution in [-0.2, 0) is 22.7 Å². The number of benzene rings is 1. The maximum Gasteiger partial charge on any atom is 0.320 e. The maximum absolute atomic E-state index is 13.5. The molecule has 0 radical (unpaired) electrons. The molecule has 2 N–H and O–H groups in total. The Labute approximate surface area is 236 Å². The van der Waals surface area contributed by atoms with E-state index < -0.39 is 0 Å². The number of amides is 2. The van der Waals surface area contributed by atoms with E-state index in [1.165, 1.54) is 0 Å². The summed E-state index contributed by atoms with van der Waals surface area (Å²) in [6.07, 6.45) is 6.98. The van der Waals surface area contributed by atoms with Crippen molar-refractivity contribution in [3.05, 3.63) is 71.3 Å². The number of aromatic nitrogens is 3. The lowest BCUT2D eigenvalue weighted by Crippen LogP contribution is -2.47. The Morgan fingerprint density at radius 2 is 1.85 bits per heavy atom. The third kappa shape index (κ3) is 4.04. The van der Waals surface area contributed by atoms with E-state index in [1.54, 1.807) is 12.3 Å². The molecule has 2 aliphatic heterocycles. The Bertz CT molecular complexity index is 1830. The summed E-state index contributed by atoms with van der Waals surface area (Å²) >= 11 is 0. The Balaban J connectivity index is 1.33. The van der Waals surface area contributed by atoms with Gasteiger partial charge in [-0.3, -0.25) is 14.0 Å². The van der Waals surface area contributed by atoms with Gasteiger partial charge in [0.25, 0.3) is 0 Å². The van der Waals surface area contributed by atoms with Crippen LogP contribution in [-0.4, -0.2) is 67.5 Å². The van der Waals surface area contributed by atoms with Gasteiger partial charge < -0.3 is 20.1 Å². The summed E-state index contributed by atoms with van der Waals surface area (Å²) in [5.74, 6) is -0.0247. The highest BCUT2D eigenvalue weighted by molar-refractivity contribution is 6.51. The molecule has 1 fully saturated rings. The van der Waals surface area contributed by atoms with Crippen LogP contribution in [0.3, 0.4) is 0 Å².